The van der Waals surface area contributed by atoms with E-state index in [0.29, 0.717) is 0 Å². The lowest BCUT2D eigenvalue weighted by atomic mass is 10.1. The Morgan fingerprint density at radius 2 is 1.65 bits per heavy atom. The molecule has 2 rings (SSSR count). The molecule has 0 atom stereocenters. The molecule has 0 saturated carbocycles. The largest absolute Gasteiger partial charge is 1.00 e. The molecule has 0 aliphatic rings. The minimum absolute atomic E-state index is 0. The smallest absolute Gasteiger partial charge is 0.105 e. The highest BCUT2D eigenvalue weighted by atomic mass is 127. The Morgan fingerprint density at radius 1 is 1.00 bits per heavy atom. The molecule has 2 aromatic rings. The van der Waals surface area contributed by atoms with Crippen LogP contribution >= 0.6 is 15.9 Å². The van der Waals surface area contributed by atoms with Crippen molar-refractivity contribution in [3.05, 3.63) is 46.4 Å². The van der Waals surface area contributed by atoms with Crippen molar-refractivity contribution in [3.63, 3.8) is 0 Å². The molecule has 0 radical (unpaired) electrons. The van der Waals surface area contributed by atoms with E-state index < -0.39 is 0 Å². The molecule has 2 aromatic carbocycles. The monoisotopic (exact) mass is 405 g/mol. The fourth-order valence-corrected chi connectivity index (χ4v) is 2.53. The highest BCUT2D eigenvalue weighted by Gasteiger charge is 2.12. The average molecular weight is 406 g/mol. The third kappa shape index (κ3) is 3.66. The zero-order chi connectivity index (χ0) is 11.8. The molecular formula is C14H17BrIN. The van der Waals surface area contributed by atoms with Gasteiger partial charge in [-0.2, -0.15) is 0 Å². The van der Waals surface area contributed by atoms with Gasteiger partial charge in [-0.3, -0.25) is 0 Å². The summed E-state index contributed by atoms with van der Waals surface area (Å²) in [4.78, 5) is 0. The first kappa shape index (κ1) is 14.9. The highest BCUT2D eigenvalue weighted by molar-refractivity contribution is 9.10. The van der Waals surface area contributed by atoms with Gasteiger partial charge in [-0.15, -0.1) is 0 Å². The lowest BCUT2D eigenvalue weighted by Crippen LogP contribution is -3.00. The zero-order valence-corrected chi connectivity index (χ0v) is 14.1. The second-order valence-corrected chi connectivity index (χ2v) is 6.00. The third-order valence-electron chi connectivity index (χ3n) is 2.59. The molecule has 0 heterocycles. The minimum atomic E-state index is 0. The number of hydrogen-bond acceptors (Lipinski definition) is 0. The van der Waals surface area contributed by atoms with E-state index in [-0.39, 0.29) is 24.0 Å². The molecule has 17 heavy (non-hydrogen) atoms. The maximum absolute atomic E-state index is 3.72. The van der Waals surface area contributed by atoms with Crippen LogP contribution in [0.3, 0.4) is 0 Å². The Labute approximate surface area is 129 Å². The second-order valence-electron chi connectivity index (χ2n) is 5.21. The fourth-order valence-electron chi connectivity index (χ4n) is 1.91. The van der Waals surface area contributed by atoms with Gasteiger partial charge in [0.15, 0.2) is 0 Å². The van der Waals surface area contributed by atoms with Crippen LogP contribution in [0.2, 0.25) is 0 Å². The number of hydrogen-bond donors (Lipinski definition) is 0. The van der Waals surface area contributed by atoms with Crippen molar-refractivity contribution in [2.24, 2.45) is 0 Å². The quantitative estimate of drug-likeness (QED) is 0.512. The molecule has 1 nitrogen and oxygen atoms in total. The van der Waals surface area contributed by atoms with Crippen LogP contribution in [0, 0.1) is 0 Å². The molecule has 0 saturated heterocycles. The van der Waals surface area contributed by atoms with Gasteiger partial charge in [-0.05, 0) is 26.7 Å². The summed E-state index contributed by atoms with van der Waals surface area (Å²) in [5.41, 5.74) is 1.37. The van der Waals surface area contributed by atoms with Crippen LogP contribution in [0.5, 0.6) is 0 Å². The third-order valence-corrected chi connectivity index (χ3v) is 3.52. The Bertz CT molecular complexity index is 517. The maximum Gasteiger partial charge on any atom is 0.105 e. The summed E-state index contributed by atoms with van der Waals surface area (Å²) in [5.74, 6) is 0. The molecule has 0 fully saturated rings. The van der Waals surface area contributed by atoms with Crippen molar-refractivity contribution in [1.82, 2.24) is 0 Å². The number of rotatable bonds is 2. The van der Waals surface area contributed by atoms with E-state index in [4.69, 9.17) is 0 Å². The van der Waals surface area contributed by atoms with Crippen LogP contribution in [-0.2, 0) is 6.54 Å². The molecule has 92 valence electrons. The maximum atomic E-state index is 3.72. The summed E-state index contributed by atoms with van der Waals surface area (Å²) in [7, 11) is 6.63. The van der Waals surface area contributed by atoms with Crippen LogP contribution in [0.15, 0.2) is 40.9 Å². The van der Waals surface area contributed by atoms with E-state index in [1.165, 1.54) is 20.8 Å². The Hall–Kier alpha value is -0.130. The van der Waals surface area contributed by atoms with Gasteiger partial charge in [-0.1, -0.05) is 36.4 Å². The molecule has 0 amide bonds. The molecule has 0 bridgehead atoms. The summed E-state index contributed by atoms with van der Waals surface area (Å²) in [6.45, 7) is 1.03. The average Bonchev–Trinajstić information content (AvgIpc) is 2.21. The molecule has 0 unspecified atom stereocenters. The Kier molecular flexibility index (Phi) is 4.98. The predicted molar refractivity (Wildman–Crippen MR) is 73.4 cm³/mol. The molecule has 0 spiro atoms. The first-order valence-corrected chi connectivity index (χ1v) is 6.23. The van der Waals surface area contributed by atoms with E-state index in [2.05, 4.69) is 73.5 Å². The first-order valence-electron chi connectivity index (χ1n) is 5.44. The van der Waals surface area contributed by atoms with Crippen molar-refractivity contribution in [2.45, 2.75) is 6.54 Å². The summed E-state index contributed by atoms with van der Waals surface area (Å²) in [6, 6.07) is 12.9. The lowest BCUT2D eigenvalue weighted by Gasteiger charge is -2.24. The predicted octanol–water partition coefficient (Wildman–Crippen LogP) is 0.812. The Morgan fingerprint density at radius 3 is 2.29 bits per heavy atom. The fraction of sp³-hybridized carbons (Fsp3) is 0.286. The van der Waals surface area contributed by atoms with Gasteiger partial charge in [0.1, 0.15) is 6.54 Å². The number of nitrogens with zero attached hydrogens (tertiary/aromatic N) is 1. The molecule has 0 aliphatic carbocycles. The van der Waals surface area contributed by atoms with Gasteiger partial charge < -0.3 is 28.5 Å². The van der Waals surface area contributed by atoms with Gasteiger partial charge in [0.05, 0.1) is 21.1 Å². The van der Waals surface area contributed by atoms with Crippen molar-refractivity contribution in [3.8, 4) is 0 Å². The van der Waals surface area contributed by atoms with E-state index in [1.54, 1.807) is 0 Å². The van der Waals surface area contributed by atoms with E-state index in [9.17, 15) is 0 Å². The van der Waals surface area contributed by atoms with Crippen LogP contribution in [0.4, 0.5) is 0 Å². The number of quaternary nitrogens is 1. The van der Waals surface area contributed by atoms with Gasteiger partial charge in [0, 0.05) is 10.0 Å². The molecule has 0 aliphatic heterocycles. The van der Waals surface area contributed by atoms with Crippen LogP contribution in [0.25, 0.3) is 10.8 Å². The lowest BCUT2D eigenvalue weighted by molar-refractivity contribution is -0.884. The SMILES string of the molecule is C[N+](C)(C)Cc1ccc2ccccc2c1Br.[I-]. The summed E-state index contributed by atoms with van der Waals surface area (Å²) < 4.78 is 2.18. The number of halogens is 2. The summed E-state index contributed by atoms with van der Waals surface area (Å²) in [5, 5.41) is 2.59. The van der Waals surface area contributed by atoms with E-state index in [1.807, 2.05) is 0 Å². The second kappa shape index (κ2) is 5.67. The first-order chi connectivity index (χ1) is 7.47. The van der Waals surface area contributed by atoms with Crippen molar-refractivity contribution in [2.75, 3.05) is 21.1 Å². The van der Waals surface area contributed by atoms with Crippen molar-refractivity contribution >= 4 is 26.7 Å². The van der Waals surface area contributed by atoms with Crippen molar-refractivity contribution < 1.29 is 28.5 Å². The highest BCUT2D eigenvalue weighted by Crippen LogP contribution is 2.28. The zero-order valence-electron chi connectivity index (χ0n) is 10.4. The van der Waals surface area contributed by atoms with Crippen molar-refractivity contribution in [1.29, 1.82) is 0 Å². The molecule has 3 heteroatoms. The van der Waals surface area contributed by atoms with Crippen LogP contribution < -0.4 is 24.0 Å². The van der Waals surface area contributed by atoms with Gasteiger partial charge in [0.25, 0.3) is 0 Å². The number of fused-ring (bicyclic) bond motifs is 1. The van der Waals surface area contributed by atoms with E-state index in [0.717, 1.165) is 11.0 Å². The standard InChI is InChI=1S/C14H17BrN.HI/c1-16(2,3)10-12-9-8-11-6-4-5-7-13(11)14(12)15;/h4-9H,10H2,1-3H3;1H/q+1;/p-1. The van der Waals surface area contributed by atoms with Crippen LogP contribution in [0.1, 0.15) is 5.56 Å². The van der Waals surface area contributed by atoms with Gasteiger partial charge in [0.2, 0.25) is 0 Å². The summed E-state index contributed by atoms with van der Waals surface area (Å²) >= 11 is 3.72. The van der Waals surface area contributed by atoms with Crippen LogP contribution in [-0.4, -0.2) is 25.6 Å². The van der Waals surface area contributed by atoms with Gasteiger partial charge in [-0.25, -0.2) is 0 Å². The number of benzene rings is 2. The molecular weight excluding hydrogens is 389 g/mol. The minimum Gasteiger partial charge on any atom is -1.00 e. The summed E-state index contributed by atoms with van der Waals surface area (Å²) in [6.07, 6.45) is 0. The van der Waals surface area contributed by atoms with E-state index >= 15 is 0 Å². The normalized spacial score (nSPS) is 11.3. The topological polar surface area (TPSA) is 0 Å². The Balaban J connectivity index is 0.00000144. The van der Waals surface area contributed by atoms with Gasteiger partial charge >= 0.3 is 0 Å². The molecule has 0 N–H and O–H groups in total. The molecule has 0 aromatic heterocycles.